The fourth-order valence-corrected chi connectivity index (χ4v) is 1.47. The van der Waals surface area contributed by atoms with Crippen molar-refractivity contribution < 1.29 is 14.3 Å². The van der Waals surface area contributed by atoms with Crippen LogP contribution in [0.4, 0.5) is 10.2 Å². The Morgan fingerprint density at radius 1 is 1.39 bits per heavy atom. The molecule has 0 aliphatic rings. The lowest BCUT2D eigenvalue weighted by molar-refractivity contribution is 0.0697. The Morgan fingerprint density at radius 2 is 2.22 bits per heavy atom. The number of aromatic nitrogens is 2. The number of nitrogens with zero attached hydrogens (tertiary/aromatic N) is 2. The van der Waals surface area contributed by atoms with Crippen LogP contribution >= 0.6 is 0 Å². The zero-order valence-corrected chi connectivity index (χ0v) is 9.30. The molecule has 0 bridgehead atoms. The van der Waals surface area contributed by atoms with Crippen LogP contribution in [0.15, 0.2) is 36.5 Å². The van der Waals surface area contributed by atoms with E-state index >= 15 is 0 Å². The van der Waals surface area contributed by atoms with Crippen LogP contribution in [0, 0.1) is 5.82 Å². The number of nitrogens with one attached hydrogen (secondary N) is 1. The minimum Gasteiger partial charge on any atom is -0.478 e. The molecule has 0 saturated carbocycles. The van der Waals surface area contributed by atoms with E-state index in [1.807, 2.05) is 0 Å². The van der Waals surface area contributed by atoms with E-state index < -0.39 is 5.97 Å². The number of aromatic carboxylic acids is 1. The number of hydrogen-bond acceptors (Lipinski definition) is 4. The lowest BCUT2D eigenvalue weighted by Gasteiger charge is -2.07. The average Bonchev–Trinajstić information content (AvgIpc) is 2.37. The minimum atomic E-state index is -1.09. The van der Waals surface area contributed by atoms with Crippen molar-refractivity contribution in [2.24, 2.45) is 0 Å². The third kappa shape index (κ3) is 2.79. The van der Waals surface area contributed by atoms with Crippen LogP contribution in [0.3, 0.4) is 0 Å². The van der Waals surface area contributed by atoms with Gasteiger partial charge in [0.25, 0.3) is 0 Å². The van der Waals surface area contributed by atoms with E-state index in [0.29, 0.717) is 5.56 Å². The van der Waals surface area contributed by atoms with Crippen molar-refractivity contribution in [1.82, 2.24) is 10.2 Å². The average molecular weight is 247 g/mol. The van der Waals surface area contributed by atoms with Gasteiger partial charge in [-0.25, -0.2) is 9.18 Å². The summed E-state index contributed by atoms with van der Waals surface area (Å²) >= 11 is 0. The first kappa shape index (κ1) is 12.0. The molecule has 0 aliphatic carbocycles. The Morgan fingerprint density at radius 3 is 2.94 bits per heavy atom. The zero-order chi connectivity index (χ0) is 13.0. The maximum absolute atomic E-state index is 13.0. The lowest BCUT2D eigenvalue weighted by Crippen LogP contribution is -2.09. The van der Waals surface area contributed by atoms with Crippen LogP contribution < -0.4 is 5.32 Å². The molecule has 0 fully saturated rings. The highest BCUT2D eigenvalue weighted by atomic mass is 19.1. The summed E-state index contributed by atoms with van der Waals surface area (Å²) in [7, 11) is 0. The second-order valence-corrected chi connectivity index (χ2v) is 3.58. The van der Waals surface area contributed by atoms with E-state index in [1.54, 1.807) is 12.1 Å². The number of halogens is 1. The van der Waals surface area contributed by atoms with Crippen molar-refractivity contribution in [3.05, 3.63) is 53.5 Å². The predicted molar refractivity (Wildman–Crippen MR) is 62.7 cm³/mol. The number of rotatable bonds is 4. The van der Waals surface area contributed by atoms with Gasteiger partial charge >= 0.3 is 5.97 Å². The summed E-state index contributed by atoms with van der Waals surface area (Å²) in [5, 5.41) is 19.1. The molecule has 1 aromatic carbocycles. The predicted octanol–water partition coefficient (Wildman–Crippen LogP) is 1.93. The molecule has 2 rings (SSSR count). The van der Waals surface area contributed by atoms with Gasteiger partial charge in [0.1, 0.15) is 11.4 Å². The molecule has 1 heterocycles. The first-order valence-electron chi connectivity index (χ1n) is 5.20. The second kappa shape index (κ2) is 5.22. The zero-order valence-electron chi connectivity index (χ0n) is 9.30. The van der Waals surface area contributed by atoms with Crippen LogP contribution in [0.5, 0.6) is 0 Å². The highest BCUT2D eigenvalue weighted by molar-refractivity contribution is 5.92. The van der Waals surface area contributed by atoms with Crippen molar-refractivity contribution in [3.63, 3.8) is 0 Å². The Balaban J connectivity index is 2.13. The van der Waals surface area contributed by atoms with Crippen molar-refractivity contribution in [3.8, 4) is 0 Å². The van der Waals surface area contributed by atoms with Gasteiger partial charge in [-0.3, -0.25) is 0 Å². The smallest absolute Gasteiger partial charge is 0.339 e. The number of carboxylic acids is 1. The summed E-state index contributed by atoms with van der Waals surface area (Å²) < 4.78 is 13.0. The van der Waals surface area contributed by atoms with Gasteiger partial charge in [-0.05, 0) is 23.8 Å². The molecular weight excluding hydrogens is 237 g/mol. The fourth-order valence-electron chi connectivity index (χ4n) is 1.47. The van der Waals surface area contributed by atoms with Crippen molar-refractivity contribution in [2.45, 2.75) is 6.54 Å². The van der Waals surface area contributed by atoms with E-state index in [4.69, 9.17) is 5.11 Å². The van der Waals surface area contributed by atoms with Crippen LogP contribution in [0.25, 0.3) is 0 Å². The van der Waals surface area contributed by atoms with E-state index in [-0.39, 0.29) is 23.7 Å². The first-order valence-corrected chi connectivity index (χ1v) is 5.20. The number of anilines is 1. The van der Waals surface area contributed by atoms with Crippen LogP contribution in [-0.2, 0) is 6.54 Å². The van der Waals surface area contributed by atoms with E-state index in [9.17, 15) is 9.18 Å². The molecule has 2 N–H and O–H groups in total. The second-order valence-electron chi connectivity index (χ2n) is 3.58. The van der Waals surface area contributed by atoms with Gasteiger partial charge in [0.2, 0.25) is 0 Å². The Hall–Kier alpha value is -2.50. The largest absolute Gasteiger partial charge is 0.478 e. The molecule has 92 valence electrons. The normalized spacial score (nSPS) is 10.1. The van der Waals surface area contributed by atoms with Gasteiger partial charge < -0.3 is 10.4 Å². The van der Waals surface area contributed by atoms with E-state index in [2.05, 4.69) is 15.5 Å². The van der Waals surface area contributed by atoms with Crippen molar-refractivity contribution in [2.75, 3.05) is 5.32 Å². The molecule has 0 saturated heterocycles. The third-order valence-corrected chi connectivity index (χ3v) is 2.30. The number of carbonyl (C=O) groups is 1. The molecule has 1 aromatic heterocycles. The summed E-state index contributed by atoms with van der Waals surface area (Å²) in [4.78, 5) is 10.9. The molecule has 0 radical (unpaired) electrons. The third-order valence-electron chi connectivity index (χ3n) is 2.30. The van der Waals surface area contributed by atoms with Crippen LogP contribution in [-0.4, -0.2) is 21.3 Å². The van der Waals surface area contributed by atoms with Crippen LogP contribution in [0.2, 0.25) is 0 Å². The monoisotopic (exact) mass is 247 g/mol. The molecule has 0 unspecified atom stereocenters. The molecule has 6 heteroatoms. The Kier molecular flexibility index (Phi) is 3.47. The highest BCUT2D eigenvalue weighted by Crippen LogP contribution is 2.12. The van der Waals surface area contributed by atoms with Gasteiger partial charge in [-0.1, -0.05) is 12.1 Å². The molecule has 0 amide bonds. The fraction of sp³-hybridized carbons (Fsp3) is 0.0833. The van der Waals surface area contributed by atoms with Gasteiger partial charge in [-0.15, -0.1) is 5.10 Å². The first-order chi connectivity index (χ1) is 8.66. The lowest BCUT2D eigenvalue weighted by atomic mass is 10.2. The standard InChI is InChI=1S/C12H10FN3O2/c13-9-3-1-2-8(6-9)7-14-11-10(12(17)18)4-5-15-16-11/h1-6H,7H2,(H,14,16)(H,17,18). The molecular formula is C12H10FN3O2. The van der Waals surface area contributed by atoms with Gasteiger partial charge in [0.05, 0.1) is 6.20 Å². The molecule has 5 nitrogen and oxygen atoms in total. The summed E-state index contributed by atoms with van der Waals surface area (Å²) in [6.45, 7) is 0.275. The summed E-state index contributed by atoms with van der Waals surface area (Å²) in [5.41, 5.74) is 0.721. The quantitative estimate of drug-likeness (QED) is 0.863. The Bertz CT molecular complexity index is 575. The SMILES string of the molecule is O=C(O)c1ccnnc1NCc1cccc(F)c1. The molecule has 18 heavy (non-hydrogen) atoms. The highest BCUT2D eigenvalue weighted by Gasteiger charge is 2.10. The Labute approximate surface area is 102 Å². The number of benzene rings is 1. The van der Waals surface area contributed by atoms with Gasteiger partial charge in [0.15, 0.2) is 5.82 Å². The van der Waals surface area contributed by atoms with E-state index in [0.717, 1.165) is 0 Å². The van der Waals surface area contributed by atoms with Gasteiger partial charge in [0, 0.05) is 6.54 Å². The summed E-state index contributed by atoms with van der Waals surface area (Å²) in [6.07, 6.45) is 1.30. The van der Waals surface area contributed by atoms with Crippen molar-refractivity contribution >= 4 is 11.8 Å². The molecule has 0 spiro atoms. The van der Waals surface area contributed by atoms with Gasteiger partial charge in [-0.2, -0.15) is 5.10 Å². The maximum atomic E-state index is 13.0. The molecule has 0 atom stereocenters. The minimum absolute atomic E-state index is 0.0291. The maximum Gasteiger partial charge on any atom is 0.339 e. The van der Waals surface area contributed by atoms with Crippen molar-refractivity contribution in [1.29, 1.82) is 0 Å². The number of carboxylic acid groups (broad SMARTS) is 1. The molecule has 2 aromatic rings. The topological polar surface area (TPSA) is 75.1 Å². The summed E-state index contributed by atoms with van der Waals surface area (Å²) in [6, 6.07) is 7.37. The summed E-state index contributed by atoms with van der Waals surface area (Å²) in [5.74, 6) is -1.27. The van der Waals surface area contributed by atoms with E-state index in [1.165, 1.54) is 24.4 Å². The molecule has 0 aliphatic heterocycles. The number of hydrogen-bond donors (Lipinski definition) is 2. The van der Waals surface area contributed by atoms with Crippen LogP contribution in [0.1, 0.15) is 15.9 Å².